The van der Waals surface area contributed by atoms with Gasteiger partial charge in [-0.2, -0.15) is 5.26 Å². The van der Waals surface area contributed by atoms with E-state index in [1.54, 1.807) is 54.7 Å². The van der Waals surface area contributed by atoms with Crippen LogP contribution in [0.1, 0.15) is 27.9 Å². The molecular weight excluding hydrogens is 397 g/mol. The lowest BCUT2D eigenvalue weighted by Crippen LogP contribution is -2.32. The first-order valence-electron chi connectivity index (χ1n) is 9.64. The van der Waals surface area contributed by atoms with Gasteiger partial charge < -0.3 is 0 Å². The van der Waals surface area contributed by atoms with Gasteiger partial charge in [-0.05, 0) is 71.1 Å². The van der Waals surface area contributed by atoms with Crippen molar-refractivity contribution < 1.29 is 13.2 Å². The third kappa shape index (κ3) is 4.06. The van der Waals surface area contributed by atoms with Gasteiger partial charge in [0, 0.05) is 11.6 Å². The Morgan fingerprint density at radius 2 is 1.19 bits per heavy atom. The Hall–Kier alpha value is -3.91. The molecule has 4 aromatic rings. The Morgan fingerprint density at radius 1 is 0.710 bits per heavy atom. The highest BCUT2D eigenvalue weighted by atomic mass is 19.1. The van der Waals surface area contributed by atoms with Crippen molar-refractivity contribution in [1.29, 1.82) is 5.26 Å². The van der Waals surface area contributed by atoms with E-state index < -0.39 is 22.9 Å². The van der Waals surface area contributed by atoms with Crippen LogP contribution in [-0.2, 0) is 11.8 Å². The number of nitrogens with zero attached hydrogens (tertiary/aromatic N) is 2. The van der Waals surface area contributed by atoms with Gasteiger partial charge in [-0.3, -0.25) is 0 Å². The van der Waals surface area contributed by atoms with Gasteiger partial charge >= 0.3 is 0 Å². The van der Waals surface area contributed by atoms with E-state index in [-0.39, 0.29) is 12.1 Å². The molecule has 0 aliphatic carbocycles. The fraction of sp³-hybridized carbons (Fsp3) is 0.0769. The highest BCUT2D eigenvalue weighted by molar-refractivity contribution is 5.52. The fourth-order valence-corrected chi connectivity index (χ4v) is 3.97. The summed E-state index contributed by atoms with van der Waals surface area (Å²) in [5.74, 6) is -1.35. The molecule has 0 bridgehead atoms. The predicted octanol–water partition coefficient (Wildman–Crippen LogP) is 5.95. The van der Waals surface area contributed by atoms with Crippen molar-refractivity contribution in [2.75, 3.05) is 0 Å². The molecule has 0 saturated heterocycles. The monoisotopic (exact) mass is 414 g/mol. The molecule has 4 rings (SSSR count). The van der Waals surface area contributed by atoms with E-state index in [1.807, 2.05) is 6.07 Å². The summed E-state index contributed by atoms with van der Waals surface area (Å²) in [7, 11) is 0. The van der Waals surface area contributed by atoms with Gasteiger partial charge in [0.1, 0.15) is 29.2 Å². The maximum Gasteiger partial charge on any atom is 0.140 e. The summed E-state index contributed by atoms with van der Waals surface area (Å²) in [5, 5.41) is 9.05. The van der Waals surface area contributed by atoms with E-state index in [1.165, 1.54) is 36.4 Å². The molecule has 0 radical (unpaired) electrons. The number of aromatic nitrogens is 1. The lowest BCUT2D eigenvalue weighted by atomic mass is 9.66. The van der Waals surface area contributed by atoms with Gasteiger partial charge in [-0.1, -0.05) is 42.5 Å². The number of hydrogen-bond donors (Lipinski definition) is 0. The highest BCUT2D eigenvalue weighted by Crippen LogP contribution is 2.42. The van der Waals surface area contributed by atoms with Gasteiger partial charge in [0.25, 0.3) is 0 Å². The molecule has 0 aliphatic heterocycles. The first-order chi connectivity index (χ1) is 15.0. The lowest BCUT2D eigenvalue weighted by molar-refractivity contribution is 0.568. The average molecular weight is 414 g/mol. The fourth-order valence-electron chi connectivity index (χ4n) is 3.97. The van der Waals surface area contributed by atoms with Crippen molar-refractivity contribution in [3.8, 4) is 6.07 Å². The first-order valence-corrected chi connectivity index (χ1v) is 9.64. The van der Waals surface area contributed by atoms with E-state index in [9.17, 15) is 13.2 Å². The first kappa shape index (κ1) is 20.4. The van der Waals surface area contributed by atoms with Crippen LogP contribution < -0.4 is 0 Å². The Morgan fingerprint density at radius 3 is 1.55 bits per heavy atom. The third-order valence-electron chi connectivity index (χ3n) is 5.36. The summed E-state index contributed by atoms with van der Waals surface area (Å²) in [6, 6.07) is 23.4. The van der Waals surface area contributed by atoms with Crippen LogP contribution in [0.15, 0.2) is 91.1 Å². The zero-order chi connectivity index (χ0) is 21.8. The summed E-state index contributed by atoms with van der Waals surface area (Å²) in [4.78, 5) is 4.13. The zero-order valence-electron chi connectivity index (χ0n) is 16.4. The minimum Gasteiger partial charge on any atom is -0.245 e. The Labute approximate surface area is 178 Å². The quantitative estimate of drug-likeness (QED) is 0.379. The number of benzene rings is 3. The van der Waals surface area contributed by atoms with Crippen molar-refractivity contribution in [2.45, 2.75) is 11.8 Å². The number of rotatable bonds is 5. The number of pyridine rings is 1. The van der Waals surface area contributed by atoms with Crippen molar-refractivity contribution in [3.63, 3.8) is 0 Å². The maximum atomic E-state index is 14.3. The molecule has 0 aliphatic rings. The minimum atomic E-state index is -1.10. The van der Waals surface area contributed by atoms with E-state index in [2.05, 4.69) is 4.98 Å². The number of halogens is 3. The van der Waals surface area contributed by atoms with Crippen LogP contribution in [0.5, 0.6) is 0 Å². The van der Waals surface area contributed by atoms with E-state index in [4.69, 9.17) is 5.26 Å². The van der Waals surface area contributed by atoms with Gasteiger partial charge in [0.05, 0.1) is 0 Å². The average Bonchev–Trinajstić information content (AvgIpc) is 2.78. The second-order valence-corrected chi connectivity index (χ2v) is 7.28. The molecule has 1 heterocycles. The van der Waals surface area contributed by atoms with E-state index >= 15 is 0 Å². The second kappa shape index (κ2) is 8.45. The predicted molar refractivity (Wildman–Crippen MR) is 112 cm³/mol. The third-order valence-corrected chi connectivity index (χ3v) is 5.36. The summed E-state index contributed by atoms with van der Waals surface area (Å²) >= 11 is 0. The molecule has 152 valence electrons. The van der Waals surface area contributed by atoms with Crippen LogP contribution in [0.2, 0.25) is 0 Å². The molecule has 0 unspecified atom stereocenters. The van der Waals surface area contributed by atoms with Crippen LogP contribution in [-0.4, -0.2) is 4.98 Å². The summed E-state index contributed by atoms with van der Waals surface area (Å²) < 4.78 is 43.0. The van der Waals surface area contributed by atoms with Gasteiger partial charge in [-0.15, -0.1) is 0 Å². The lowest BCUT2D eigenvalue weighted by Gasteiger charge is -2.36. The van der Waals surface area contributed by atoms with Crippen LogP contribution >= 0.6 is 0 Å². The molecule has 0 amide bonds. The smallest absolute Gasteiger partial charge is 0.140 e. The molecule has 0 fully saturated rings. The second-order valence-electron chi connectivity index (χ2n) is 7.28. The SMILES string of the molecule is N#Cc1ccc(CC(c2cccc(F)c2)(c2cccc(F)c2)c2cccc(F)c2)cn1. The largest absolute Gasteiger partial charge is 0.245 e. The van der Waals surface area contributed by atoms with Gasteiger partial charge in [0.2, 0.25) is 0 Å². The summed E-state index contributed by atoms with van der Waals surface area (Å²) in [5.41, 5.74) is 1.55. The van der Waals surface area contributed by atoms with Gasteiger partial charge in [0.15, 0.2) is 0 Å². The Bertz CT molecular complexity index is 1150. The summed E-state index contributed by atoms with van der Waals surface area (Å²) in [6.07, 6.45) is 1.81. The van der Waals surface area contributed by atoms with Crippen LogP contribution in [0.4, 0.5) is 13.2 Å². The molecule has 31 heavy (non-hydrogen) atoms. The Balaban J connectivity index is 2.03. The van der Waals surface area contributed by atoms with Crippen molar-refractivity contribution in [1.82, 2.24) is 4.98 Å². The molecule has 0 saturated carbocycles. The van der Waals surface area contributed by atoms with E-state index in [0.717, 1.165) is 5.56 Å². The highest BCUT2D eigenvalue weighted by Gasteiger charge is 2.37. The molecule has 2 nitrogen and oxygen atoms in total. The molecule has 0 N–H and O–H groups in total. The van der Waals surface area contributed by atoms with Crippen molar-refractivity contribution >= 4 is 0 Å². The number of hydrogen-bond acceptors (Lipinski definition) is 2. The number of nitriles is 1. The molecule has 0 spiro atoms. The standard InChI is InChI=1S/C26H17F3N2/c27-22-7-1-4-19(12-22)26(20-5-2-8-23(28)13-20,21-6-3-9-24(29)14-21)15-18-10-11-25(16-30)31-17-18/h1-14,17H,15H2. The van der Waals surface area contributed by atoms with Crippen molar-refractivity contribution in [2.24, 2.45) is 0 Å². The zero-order valence-corrected chi connectivity index (χ0v) is 16.4. The van der Waals surface area contributed by atoms with E-state index in [0.29, 0.717) is 16.7 Å². The molecule has 5 heteroatoms. The maximum absolute atomic E-state index is 14.3. The van der Waals surface area contributed by atoms with Crippen LogP contribution in [0, 0.1) is 28.8 Å². The molecule has 3 aromatic carbocycles. The normalized spacial score (nSPS) is 11.2. The Kier molecular flexibility index (Phi) is 5.55. The van der Waals surface area contributed by atoms with Crippen LogP contribution in [0.25, 0.3) is 0 Å². The van der Waals surface area contributed by atoms with Gasteiger partial charge in [-0.25, -0.2) is 18.2 Å². The van der Waals surface area contributed by atoms with Crippen LogP contribution in [0.3, 0.4) is 0 Å². The topological polar surface area (TPSA) is 36.7 Å². The molecular formula is C26H17F3N2. The van der Waals surface area contributed by atoms with Crippen molar-refractivity contribution in [3.05, 3.63) is 137 Å². The molecule has 0 atom stereocenters. The minimum absolute atomic E-state index is 0.252. The summed E-state index contributed by atoms with van der Waals surface area (Å²) in [6.45, 7) is 0. The molecule has 1 aromatic heterocycles.